The summed E-state index contributed by atoms with van der Waals surface area (Å²) in [6.07, 6.45) is 2.17. The van der Waals surface area contributed by atoms with Crippen LogP contribution < -0.4 is 10.6 Å². The molecule has 134 valence electrons. The second-order valence-corrected chi connectivity index (χ2v) is 5.74. The Morgan fingerprint density at radius 1 is 1.21 bits per heavy atom. The molecule has 1 aliphatic rings. The fourth-order valence-electron chi connectivity index (χ4n) is 2.60. The third-order valence-electron chi connectivity index (χ3n) is 4.08. The number of hydrogen-bond acceptors (Lipinski definition) is 4. The van der Waals surface area contributed by atoms with Gasteiger partial charge in [0.05, 0.1) is 0 Å². The third kappa shape index (κ3) is 5.78. The molecule has 0 aromatic heterocycles. The van der Waals surface area contributed by atoms with Gasteiger partial charge < -0.3 is 20.3 Å². The molecule has 0 radical (unpaired) electrons. The van der Waals surface area contributed by atoms with Crippen molar-refractivity contribution in [3.05, 3.63) is 29.8 Å². The van der Waals surface area contributed by atoms with E-state index in [1.54, 1.807) is 29.2 Å². The standard InChI is InChI=1S/C17H25N3O3.ClH/c1-18-10-7-16(21)19-14-5-3-13(4-6-14)17(22)20(2)15-8-11-23-12-9-15;/h3-6,15,18H,7-12H2,1-2H3,(H,19,21);1H. The predicted octanol–water partition coefficient (Wildman–Crippen LogP) is 1.91. The lowest BCUT2D eigenvalue weighted by atomic mass is 10.1. The molecule has 24 heavy (non-hydrogen) atoms. The highest BCUT2D eigenvalue weighted by molar-refractivity contribution is 5.95. The van der Waals surface area contributed by atoms with E-state index in [4.69, 9.17) is 4.74 Å². The number of rotatable bonds is 6. The van der Waals surface area contributed by atoms with Crippen LogP contribution in [0.1, 0.15) is 29.6 Å². The lowest BCUT2D eigenvalue weighted by Crippen LogP contribution is -2.40. The normalized spacial score (nSPS) is 14.6. The Kier molecular flexibility index (Phi) is 8.74. The molecule has 0 atom stereocenters. The molecule has 1 aromatic rings. The molecule has 1 fully saturated rings. The minimum Gasteiger partial charge on any atom is -0.381 e. The summed E-state index contributed by atoms with van der Waals surface area (Å²) in [5.74, 6) is -0.0392. The molecule has 1 aliphatic heterocycles. The number of nitrogens with one attached hydrogen (secondary N) is 2. The number of halogens is 1. The maximum Gasteiger partial charge on any atom is 0.253 e. The zero-order valence-corrected chi connectivity index (χ0v) is 15.0. The van der Waals surface area contributed by atoms with Crippen molar-refractivity contribution < 1.29 is 14.3 Å². The molecule has 0 spiro atoms. The van der Waals surface area contributed by atoms with E-state index in [1.807, 2.05) is 14.1 Å². The Morgan fingerprint density at radius 2 is 1.83 bits per heavy atom. The van der Waals surface area contributed by atoms with Crippen molar-refractivity contribution in [2.24, 2.45) is 0 Å². The van der Waals surface area contributed by atoms with Gasteiger partial charge in [-0.3, -0.25) is 9.59 Å². The number of carbonyl (C=O) groups excluding carboxylic acids is 2. The van der Waals surface area contributed by atoms with Crippen molar-refractivity contribution in [3.63, 3.8) is 0 Å². The molecule has 0 saturated carbocycles. The number of nitrogens with zero attached hydrogens (tertiary/aromatic N) is 1. The molecule has 1 saturated heterocycles. The van der Waals surface area contributed by atoms with Gasteiger partial charge in [0, 0.05) is 50.5 Å². The number of ether oxygens (including phenoxy) is 1. The number of hydrogen-bond donors (Lipinski definition) is 2. The van der Waals surface area contributed by atoms with E-state index < -0.39 is 0 Å². The number of benzene rings is 1. The van der Waals surface area contributed by atoms with Gasteiger partial charge in [-0.1, -0.05) is 0 Å². The van der Waals surface area contributed by atoms with E-state index in [1.165, 1.54) is 0 Å². The van der Waals surface area contributed by atoms with Gasteiger partial charge in [-0.15, -0.1) is 12.4 Å². The minimum absolute atomic E-state index is 0. The fourth-order valence-corrected chi connectivity index (χ4v) is 2.60. The molecule has 1 heterocycles. The van der Waals surface area contributed by atoms with Crippen LogP contribution in [0.3, 0.4) is 0 Å². The monoisotopic (exact) mass is 355 g/mol. The van der Waals surface area contributed by atoms with Crippen LogP contribution in [0.2, 0.25) is 0 Å². The molecule has 2 N–H and O–H groups in total. The van der Waals surface area contributed by atoms with Crippen LogP contribution in [-0.4, -0.2) is 56.6 Å². The Hall–Kier alpha value is -1.63. The quantitative estimate of drug-likeness (QED) is 0.817. The smallest absolute Gasteiger partial charge is 0.253 e. The van der Waals surface area contributed by atoms with Gasteiger partial charge in [0.25, 0.3) is 5.91 Å². The minimum atomic E-state index is -0.0437. The van der Waals surface area contributed by atoms with Gasteiger partial charge >= 0.3 is 0 Å². The van der Waals surface area contributed by atoms with E-state index in [2.05, 4.69) is 10.6 Å². The molecule has 0 unspecified atom stereocenters. The summed E-state index contributed by atoms with van der Waals surface area (Å²) in [6, 6.07) is 7.28. The van der Waals surface area contributed by atoms with Gasteiger partial charge in [0.2, 0.25) is 5.91 Å². The second kappa shape index (κ2) is 10.3. The summed E-state index contributed by atoms with van der Waals surface area (Å²) < 4.78 is 5.33. The van der Waals surface area contributed by atoms with Crippen LogP contribution in [0.15, 0.2) is 24.3 Å². The Bertz CT molecular complexity index is 530. The summed E-state index contributed by atoms with van der Waals surface area (Å²) in [4.78, 5) is 26.0. The Labute approximate surface area is 149 Å². The van der Waals surface area contributed by atoms with Crippen LogP contribution in [0.25, 0.3) is 0 Å². The number of amides is 2. The lowest BCUT2D eigenvalue weighted by Gasteiger charge is -2.31. The highest BCUT2D eigenvalue weighted by atomic mass is 35.5. The summed E-state index contributed by atoms with van der Waals surface area (Å²) >= 11 is 0. The van der Waals surface area contributed by atoms with Gasteiger partial charge in [-0.25, -0.2) is 0 Å². The van der Waals surface area contributed by atoms with Crippen LogP contribution >= 0.6 is 12.4 Å². The highest BCUT2D eigenvalue weighted by Gasteiger charge is 2.23. The van der Waals surface area contributed by atoms with Crippen molar-refractivity contribution in [3.8, 4) is 0 Å². The summed E-state index contributed by atoms with van der Waals surface area (Å²) in [7, 11) is 3.65. The van der Waals surface area contributed by atoms with Crippen molar-refractivity contribution in [1.29, 1.82) is 0 Å². The van der Waals surface area contributed by atoms with E-state index in [0.717, 1.165) is 12.8 Å². The fraction of sp³-hybridized carbons (Fsp3) is 0.529. The van der Waals surface area contributed by atoms with Crippen LogP contribution in [0.4, 0.5) is 5.69 Å². The summed E-state index contributed by atoms with van der Waals surface area (Å²) in [5.41, 5.74) is 1.34. The third-order valence-corrected chi connectivity index (χ3v) is 4.08. The molecule has 1 aromatic carbocycles. The summed E-state index contributed by atoms with van der Waals surface area (Å²) in [5, 5.41) is 5.75. The largest absolute Gasteiger partial charge is 0.381 e. The van der Waals surface area contributed by atoms with Crippen molar-refractivity contribution in [2.75, 3.05) is 39.2 Å². The van der Waals surface area contributed by atoms with E-state index >= 15 is 0 Å². The van der Waals surface area contributed by atoms with Crippen LogP contribution in [-0.2, 0) is 9.53 Å². The van der Waals surface area contributed by atoms with Gasteiger partial charge in [-0.2, -0.15) is 0 Å². The average Bonchev–Trinajstić information content (AvgIpc) is 2.60. The molecule has 0 bridgehead atoms. The molecule has 0 aliphatic carbocycles. The van der Waals surface area contributed by atoms with Gasteiger partial charge in [0.1, 0.15) is 0 Å². The predicted molar refractivity (Wildman–Crippen MR) is 96.8 cm³/mol. The zero-order chi connectivity index (χ0) is 16.7. The van der Waals surface area contributed by atoms with Gasteiger partial charge in [0.15, 0.2) is 0 Å². The molecule has 7 heteroatoms. The second-order valence-electron chi connectivity index (χ2n) is 5.74. The van der Waals surface area contributed by atoms with E-state index in [0.29, 0.717) is 37.4 Å². The first-order valence-electron chi connectivity index (χ1n) is 8.01. The van der Waals surface area contributed by atoms with E-state index in [9.17, 15) is 9.59 Å². The zero-order valence-electron chi connectivity index (χ0n) is 14.2. The van der Waals surface area contributed by atoms with Gasteiger partial charge in [-0.05, 0) is 44.2 Å². The molecule has 6 nitrogen and oxygen atoms in total. The van der Waals surface area contributed by atoms with Crippen molar-refractivity contribution in [1.82, 2.24) is 10.2 Å². The topological polar surface area (TPSA) is 70.7 Å². The summed E-state index contributed by atoms with van der Waals surface area (Å²) in [6.45, 7) is 2.05. The Morgan fingerprint density at radius 3 is 2.42 bits per heavy atom. The Balaban J connectivity index is 0.00000288. The lowest BCUT2D eigenvalue weighted by molar-refractivity contribution is -0.116. The van der Waals surface area contributed by atoms with E-state index in [-0.39, 0.29) is 30.3 Å². The molecule has 2 amide bonds. The van der Waals surface area contributed by atoms with Crippen LogP contribution in [0.5, 0.6) is 0 Å². The maximum absolute atomic E-state index is 12.5. The molecular formula is C17H26ClN3O3. The van der Waals surface area contributed by atoms with Crippen LogP contribution in [0, 0.1) is 0 Å². The highest BCUT2D eigenvalue weighted by Crippen LogP contribution is 2.17. The first-order valence-corrected chi connectivity index (χ1v) is 8.01. The number of carbonyl (C=O) groups is 2. The first kappa shape index (κ1) is 20.4. The first-order chi connectivity index (χ1) is 11.1. The average molecular weight is 356 g/mol. The number of anilines is 1. The SMILES string of the molecule is CNCCC(=O)Nc1ccc(C(=O)N(C)C2CCOCC2)cc1.Cl. The maximum atomic E-state index is 12.5. The molecular weight excluding hydrogens is 330 g/mol. The molecule has 2 rings (SSSR count). The van der Waals surface area contributed by atoms with Crippen molar-refractivity contribution >= 4 is 29.9 Å². The van der Waals surface area contributed by atoms with Crippen molar-refractivity contribution in [2.45, 2.75) is 25.3 Å².